The molecule has 0 amide bonds. The zero-order valence-corrected chi connectivity index (χ0v) is 13.5. The van der Waals surface area contributed by atoms with Crippen molar-refractivity contribution >= 4 is 5.69 Å². The molecule has 1 aliphatic rings. The maximum Gasteiger partial charge on any atom is 0.147 e. The number of anilines is 1. The molecule has 23 heavy (non-hydrogen) atoms. The van der Waals surface area contributed by atoms with Gasteiger partial charge in [0.05, 0.1) is 18.5 Å². The Labute approximate surface area is 135 Å². The Morgan fingerprint density at radius 3 is 2.61 bits per heavy atom. The van der Waals surface area contributed by atoms with Gasteiger partial charge in [-0.2, -0.15) is 5.10 Å². The Kier molecular flexibility index (Phi) is 3.11. The number of rotatable bonds is 2. The van der Waals surface area contributed by atoms with Gasteiger partial charge in [0.1, 0.15) is 11.9 Å². The van der Waals surface area contributed by atoms with Crippen LogP contribution in [0, 0.1) is 13.8 Å². The summed E-state index contributed by atoms with van der Waals surface area (Å²) in [6.07, 6.45) is -0.0155. The summed E-state index contributed by atoms with van der Waals surface area (Å²) in [6, 6.07) is 16.7. The molecule has 1 aliphatic heterocycles. The fraction of sp³-hybridized carbons (Fsp3) is 0.211. The molecule has 1 N–H and O–H groups in total. The summed E-state index contributed by atoms with van der Waals surface area (Å²) in [5.74, 6) is 0.859. The molecule has 0 radical (unpaired) electrons. The lowest BCUT2D eigenvalue weighted by atomic mass is 10.0. The first-order valence-electron chi connectivity index (χ1n) is 7.74. The molecule has 0 bridgehead atoms. The van der Waals surface area contributed by atoms with Crippen LogP contribution in [0.25, 0.3) is 11.3 Å². The van der Waals surface area contributed by atoms with Gasteiger partial charge in [-0.1, -0.05) is 30.3 Å². The lowest BCUT2D eigenvalue weighted by Gasteiger charge is -2.30. The predicted octanol–water partition coefficient (Wildman–Crippen LogP) is 4.15. The molecule has 0 spiro atoms. The number of fused-ring (bicyclic) bond motifs is 3. The van der Waals surface area contributed by atoms with Crippen molar-refractivity contribution in [3.63, 3.8) is 0 Å². The van der Waals surface area contributed by atoms with E-state index in [9.17, 15) is 0 Å². The van der Waals surface area contributed by atoms with E-state index in [0.717, 1.165) is 22.7 Å². The highest BCUT2D eigenvalue weighted by atomic mass is 16.5. The molecule has 0 saturated heterocycles. The lowest BCUT2D eigenvalue weighted by Crippen LogP contribution is -2.26. The average molecular weight is 305 g/mol. The van der Waals surface area contributed by atoms with Crippen molar-refractivity contribution in [2.75, 3.05) is 12.4 Å². The van der Waals surface area contributed by atoms with Gasteiger partial charge in [-0.3, -0.25) is 0 Å². The van der Waals surface area contributed by atoms with E-state index in [4.69, 9.17) is 9.84 Å². The van der Waals surface area contributed by atoms with Crippen LogP contribution in [-0.2, 0) is 0 Å². The summed E-state index contributed by atoms with van der Waals surface area (Å²) < 4.78 is 7.33. The van der Waals surface area contributed by atoms with Crippen LogP contribution in [0.4, 0.5) is 5.69 Å². The van der Waals surface area contributed by atoms with E-state index in [0.29, 0.717) is 0 Å². The second-order valence-corrected chi connectivity index (χ2v) is 5.93. The third-order valence-electron chi connectivity index (χ3n) is 4.36. The van der Waals surface area contributed by atoms with Crippen LogP contribution in [0.3, 0.4) is 0 Å². The summed E-state index contributed by atoms with van der Waals surface area (Å²) in [6.45, 7) is 4.17. The van der Waals surface area contributed by atoms with Crippen LogP contribution in [0.5, 0.6) is 5.75 Å². The number of nitrogens with one attached hydrogen (secondary N) is 1. The number of hydrogen-bond acceptors (Lipinski definition) is 3. The number of para-hydroxylation sites is 1. The van der Waals surface area contributed by atoms with Crippen LogP contribution < -0.4 is 10.1 Å². The third-order valence-corrected chi connectivity index (χ3v) is 4.36. The highest BCUT2D eigenvalue weighted by molar-refractivity contribution is 5.81. The first-order chi connectivity index (χ1) is 11.2. The standard InChI is InChI=1S/C19H19N3O/c1-12-5-4-6-16-17-11-13(2)21-22(17)19(20-18(12)16)14-7-9-15(23-3)10-8-14/h4-11,19-20H,1-3H3/t19-/m0/s1. The highest BCUT2D eigenvalue weighted by Crippen LogP contribution is 2.40. The first-order valence-corrected chi connectivity index (χ1v) is 7.74. The zero-order chi connectivity index (χ0) is 16.0. The molecular weight excluding hydrogens is 286 g/mol. The van der Waals surface area contributed by atoms with Crippen LogP contribution in [-0.4, -0.2) is 16.9 Å². The van der Waals surface area contributed by atoms with Gasteiger partial charge in [0.15, 0.2) is 0 Å². The fourth-order valence-electron chi connectivity index (χ4n) is 3.20. The quantitative estimate of drug-likeness (QED) is 0.773. The molecule has 0 saturated carbocycles. The second kappa shape index (κ2) is 5.16. The average Bonchev–Trinajstić information content (AvgIpc) is 2.96. The van der Waals surface area contributed by atoms with Crippen molar-refractivity contribution in [1.82, 2.24) is 9.78 Å². The predicted molar refractivity (Wildman–Crippen MR) is 91.9 cm³/mol. The molecule has 4 rings (SSSR count). The van der Waals surface area contributed by atoms with Crippen LogP contribution in [0.2, 0.25) is 0 Å². The van der Waals surface area contributed by atoms with E-state index in [1.807, 2.05) is 19.1 Å². The Balaban J connectivity index is 1.87. The highest BCUT2D eigenvalue weighted by Gasteiger charge is 2.27. The second-order valence-electron chi connectivity index (χ2n) is 5.93. The molecular formula is C19H19N3O. The van der Waals surface area contributed by atoms with E-state index in [2.05, 4.69) is 53.3 Å². The third kappa shape index (κ3) is 2.18. The summed E-state index contributed by atoms with van der Waals surface area (Å²) in [5, 5.41) is 8.35. The van der Waals surface area contributed by atoms with Crippen molar-refractivity contribution < 1.29 is 4.74 Å². The number of ether oxygens (including phenoxy) is 1. The molecule has 2 heterocycles. The van der Waals surface area contributed by atoms with E-state index >= 15 is 0 Å². The Hall–Kier alpha value is -2.75. The Morgan fingerprint density at radius 2 is 1.87 bits per heavy atom. The fourth-order valence-corrected chi connectivity index (χ4v) is 3.20. The number of methoxy groups -OCH3 is 1. The molecule has 4 heteroatoms. The van der Waals surface area contributed by atoms with Crippen molar-refractivity contribution in [3.05, 3.63) is 65.4 Å². The summed E-state index contributed by atoms with van der Waals surface area (Å²) in [4.78, 5) is 0. The minimum Gasteiger partial charge on any atom is -0.497 e. The first kappa shape index (κ1) is 13.9. The van der Waals surface area contributed by atoms with E-state index in [1.54, 1.807) is 7.11 Å². The molecule has 1 aromatic heterocycles. The van der Waals surface area contributed by atoms with Crippen molar-refractivity contribution in [2.24, 2.45) is 0 Å². The van der Waals surface area contributed by atoms with Gasteiger partial charge in [-0.15, -0.1) is 0 Å². The number of nitrogens with zero attached hydrogens (tertiary/aromatic N) is 2. The molecule has 2 aromatic carbocycles. The van der Waals surface area contributed by atoms with Crippen molar-refractivity contribution in [2.45, 2.75) is 20.0 Å². The van der Waals surface area contributed by atoms with Gasteiger partial charge in [-0.25, -0.2) is 4.68 Å². The monoisotopic (exact) mass is 305 g/mol. The Morgan fingerprint density at radius 1 is 1.09 bits per heavy atom. The van der Waals surface area contributed by atoms with Crippen LogP contribution >= 0.6 is 0 Å². The number of benzene rings is 2. The van der Waals surface area contributed by atoms with Gasteiger partial charge < -0.3 is 10.1 Å². The summed E-state index contributed by atoms with van der Waals surface area (Å²) in [7, 11) is 1.68. The van der Waals surface area contributed by atoms with E-state index in [1.165, 1.54) is 16.8 Å². The minimum atomic E-state index is -0.0155. The van der Waals surface area contributed by atoms with Gasteiger partial charge in [0.25, 0.3) is 0 Å². The van der Waals surface area contributed by atoms with E-state index < -0.39 is 0 Å². The number of aromatic nitrogens is 2. The van der Waals surface area contributed by atoms with Gasteiger partial charge >= 0.3 is 0 Å². The molecule has 4 nitrogen and oxygen atoms in total. The van der Waals surface area contributed by atoms with Gasteiger partial charge in [-0.05, 0) is 43.2 Å². The largest absolute Gasteiger partial charge is 0.497 e. The molecule has 116 valence electrons. The SMILES string of the molecule is COc1ccc([C@H]2Nc3c(C)cccc3-c3cc(C)nn32)cc1. The van der Waals surface area contributed by atoms with Gasteiger partial charge in [0.2, 0.25) is 0 Å². The Bertz CT molecular complexity index is 865. The molecule has 0 fully saturated rings. The molecule has 3 aromatic rings. The summed E-state index contributed by atoms with van der Waals surface area (Å²) >= 11 is 0. The smallest absolute Gasteiger partial charge is 0.147 e. The normalized spacial score (nSPS) is 15.5. The van der Waals surface area contributed by atoms with Crippen LogP contribution in [0.15, 0.2) is 48.5 Å². The molecule has 0 unspecified atom stereocenters. The topological polar surface area (TPSA) is 39.1 Å². The maximum absolute atomic E-state index is 5.26. The van der Waals surface area contributed by atoms with Gasteiger partial charge in [0, 0.05) is 11.3 Å². The lowest BCUT2D eigenvalue weighted by molar-refractivity contribution is 0.414. The zero-order valence-electron chi connectivity index (χ0n) is 13.5. The molecule has 1 atom stereocenters. The van der Waals surface area contributed by atoms with Crippen LogP contribution in [0.1, 0.15) is 23.0 Å². The number of hydrogen-bond donors (Lipinski definition) is 1. The summed E-state index contributed by atoms with van der Waals surface area (Å²) in [5.41, 5.74) is 6.96. The van der Waals surface area contributed by atoms with E-state index in [-0.39, 0.29) is 6.17 Å². The maximum atomic E-state index is 5.26. The van der Waals surface area contributed by atoms with Crippen molar-refractivity contribution in [1.29, 1.82) is 0 Å². The number of aryl methyl sites for hydroxylation is 2. The minimum absolute atomic E-state index is 0.0155. The molecule has 0 aliphatic carbocycles. The van der Waals surface area contributed by atoms with Crippen molar-refractivity contribution in [3.8, 4) is 17.0 Å².